The number of Topliss-reactive ketones (excluding diaryl/α,β-unsaturated/α-hetero) is 1. The van der Waals surface area contributed by atoms with E-state index in [1.165, 1.54) is 11.3 Å². The summed E-state index contributed by atoms with van der Waals surface area (Å²) >= 11 is 4.37. The summed E-state index contributed by atoms with van der Waals surface area (Å²) < 4.78 is 36.0. The normalized spacial score (nSPS) is 11.7. The molecule has 1 rings (SSSR count). The van der Waals surface area contributed by atoms with E-state index in [2.05, 4.69) is 15.9 Å². The predicted molar refractivity (Wildman–Crippen MR) is 51.6 cm³/mol. The molecule has 6 heteroatoms. The quantitative estimate of drug-likeness (QED) is 0.767. The van der Waals surface area contributed by atoms with Gasteiger partial charge in [-0.3, -0.25) is 4.79 Å². The standard InChI is InChI=1S/C8H6BrF3OS/c9-6-4-14-3-5(6)7(13)1-2-8(10,11)12/h3-4H,1-2H2. The van der Waals surface area contributed by atoms with Crippen molar-refractivity contribution in [3.63, 3.8) is 0 Å². The van der Waals surface area contributed by atoms with Gasteiger partial charge in [-0.05, 0) is 15.9 Å². The van der Waals surface area contributed by atoms with Gasteiger partial charge in [0.1, 0.15) is 0 Å². The van der Waals surface area contributed by atoms with Gasteiger partial charge in [0.05, 0.1) is 6.42 Å². The van der Waals surface area contributed by atoms with E-state index >= 15 is 0 Å². The number of halogens is 4. The minimum atomic E-state index is -4.27. The van der Waals surface area contributed by atoms with Crippen LogP contribution in [0.15, 0.2) is 15.2 Å². The molecule has 14 heavy (non-hydrogen) atoms. The Morgan fingerprint density at radius 2 is 2.07 bits per heavy atom. The van der Waals surface area contributed by atoms with E-state index in [0.29, 0.717) is 10.0 Å². The smallest absolute Gasteiger partial charge is 0.294 e. The maximum absolute atomic E-state index is 11.8. The van der Waals surface area contributed by atoms with Gasteiger partial charge in [-0.2, -0.15) is 24.5 Å². The molecule has 0 radical (unpaired) electrons. The molecule has 0 aliphatic heterocycles. The van der Waals surface area contributed by atoms with Gasteiger partial charge in [-0.25, -0.2) is 0 Å². The Bertz CT molecular complexity index is 332. The molecule has 0 amide bonds. The van der Waals surface area contributed by atoms with Gasteiger partial charge in [-0.1, -0.05) is 0 Å². The molecular weight excluding hydrogens is 281 g/mol. The lowest BCUT2D eigenvalue weighted by Gasteiger charge is -2.04. The lowest BCUT2D eigenvalue weighted by Crippen LogP contribution is -2.10. The second-order valence-corrected chi connectivity index (χ2v) is 4.27. The number of ketones is 1. The monoisotopic (exact) mass is 286 g/mol. The predicted octanol–water partition coefficient (Wildman–Crippen LogP) is 4.04. The first-order valence-corrected chi connectivity index (χ1v) is 5.45. The van der Waals surface area contributed by atoms with Crippen LogP contribution in [0.2, 0.25) is 0 Å². The molecule has 1 aromatic heterocycles. The summed E-state index contributed by atoms with van der Waals surface area (Å²) in [5.41, 5.74) is 0.333. The molecule has 1 nitrogen and oxygen atoms in total. The van der Waals surface area contributed by atoms with Crippen molar-refractivity contribution in [2.24, 2.45) is 0 Å². The third-order valence-electron chi connectivity index (χ3n) is 1.55. The average Bonchev–Trinajstić information content (AvgIpc) is 2.46. The molecule has 0 saturated carbocycles. The lowest BCUT2D eigenvalue weighted by atomic mass is 10.1. The molecule has 0 aliphatic rings. The highest BCUT2D eigenvalue weighted by atomic mass is 79.9. The zero-order valence-electron chi connectivity index (χ0n) is 6.90. The maximum Gasteiger partial charge on any atom is 0.389 e. The molecule has 0 spiro atoms. The fraction of sp³-hybridized carbons (Fsp3) is 0.375. The highest BCUT2D eigenvalue weighted by Gasteiger charge is 2.28. The van der Waals surface area contributed by atoms with Gasteiger partial charge in [0, 0.05) is 27.2 Å². The first kappa shape index (κ1) is 11.7. The van der Waals surface area contributed by atoms with Crippen LogP contribution in [0, 0.1) is 0 Å². The van der Waals surface area contributed by atoms with Crippen molar-refractivity contribution in [1.82, 2.24) is 0 Å². The molecule has 0 bridgehead atoms. The second-order valence-electron chi connectivity index (χ2n) is 2.67. The van der Waals surface area contributed by atoms with E-state index in [-0.39, 0.29) is 0 Å². The lowest BCUT2D eigenvalue weighted by molar-refractivity contribution is -0.133. The Labute approximate surface area is 91.1 Å². The van der Waals surface area contributed by atoms with Gasteiger partial charge in [0.25, 0.3) is 0 Å². The Hall–Kier alpha value is -0.360. The van der Waals surface area contributed by atoms with Crippen LogP contribution < -0.4 is 0 Å². The molecular formula is C8H6BrF3OS. The van der Waals surface area contributed by atoms with Crippen LogP contribution in [0.5, 0.6) is 0 Å². The molecule has 0 aliphatic carbocycles. The van der Waals surface area contributed by atoms with Crippen LogP contribution in [0.4, 0.5) is 13.2 Å². The van der Waals surface area contributed by atoms with E-state index in [1.807, 2.05) is 0 Å². The Morgan fingerprint density at radius 1 is 1.43 bits per heavy atom. The largest absolute Gasteiger partial charge is 0.389 e. The molecule has 78 valence electrons. The molecule has 1 aromatic rings. The van der Waals surface area contributed by atoms with E-state index in [4.69, 9.17) is 0 Å². The molecule has 0 atom stereocenters. The van der Waals surface area contributed by atoms with Crippen LogP contribution >= 0.6 is 27.3 Å². The number of rotatable bonds is 3. The van der Waals surface area contributed by atoms with Crippen LogP contribution in [0.25, 0.3) is 0 Å². The molecule has 0 fully saturated rings. The number of carbonyl (C=O) groups excluding carboxylic acids is 1. The fourth-order valence-electron chi connectivity index (χ4n) is 0.870. The summed E-state index contributed by atoms with van der Waals surface area (Å²) in [5.74, 6) is -0.476. The Morgan fingerprint density at radius 3 is 2.50 bits per heavy atom. The van der Waals surface area contributed by atoms with Crippen LogP contribution in [-0.4, -0.2) is 12.0 Å². The van der Waals surface area contributed by atoms with Crippen molar-refractivity contribution < 1.29 is 18.0 Å². The zero-order chi connectivity index (χ0) is 10.8. The SMILES string of the molecule is O=C(CCC(F)(F)F)c1cscc1Br. The highest BCUT2D eigenvalue weighted by Crippen LogP contribution is 2.26. The van der Waals surface area contributed by atoms with E-state index in [0.717, 1.165) is 0 Å². The van der Waals surface area contributed by atoms with E-state index in [1.54, 1.807) is 10.8 Å². The minimum absolute atomic E-state index is 0.333. The topological polar surface area (TPSA) is 17.1 Å². The maximum atomic E-state index is 11.8. The first-order chi connectivity index (χ1) is 6.40. The Balaban J connectivity index is 2.56. The van der Waals surface area contributed by atoms with Crippen LogP contribution in [0.3, 0.4) is 0 Å². The number of hydrogen-bond acceptors (Lipinski definition) is 2. The molecule has 0 aromatic carbocycles. The molecule has 1 heterocycles. The number of thiophene rings is 1. The van der Waals surface area contributed by atoms with Crippen molar-refractivity contribution in [2.45, 2.75) is 19.0 Å². The summed E-state index contributed by atoms with van der Waals surface area (Å²) in [7, 11) is 0. The van der Waals surface area contributed by atoms with Crippen LogP contribution in [-0.2, 0) is 0 Å². The van der Waals surface area contributed by atoms with Crippen molar-refractivity contribution in [3.05, 3.63) is 20.8 Å². The third-order valence-corrected chi connectivity index (χ3v) is 3.25. The zero-order valence-corrected chi connectivity index (χ0v) is 9.30. The fourth-order valence-corrected chi connectivity index (χ4v) is 2.39. The van der Waals surface area contributed by atoms with Crippen molar-refractivity contribution >= 4 is 33.0 Å². The van der Waals surface area contributed by atoms with Crippen LogP contribution in [0.1, 0.15) is 23.2 Å². The number of alkyl halides is 3. The average molecular weight is 287 g/mol. The minimum Gasteiger partial charge on any atom is -0.294 e. The highest BCUT2D eigenvalue weighted by molar-refractivity contribution is 9.10. The van der Waals surface area contributed by atoms with E-state index in [9.17, 15) is 18.0 Å². The van der Waals surface area contributed by atoms with Crippen molar-refractivity contribution in [3.8, 4) is 0 Å². The van der Waals surface area contributed by atoms with Gasteiger partial charge in [0.15, 0.2) is 5.78 Å². The van der Waals surface area contributed by atoms with Gasteiger partial charge < -0.3 is 0 Å². The molecule has 0 N–H and O–H groups in total. The van der Waals surface area contributed by atoms with Crippen molar-refractivity contribution in [2.75, 3.05) is 0 Å². The molecule has 0 unspecified atom stereocenters. The summed E-state index contributed by atoms with van der Waals surface area (Å²) in [6.07, 6.45) is -5.81. The third kappa shape index (κ3) is 3.42. The number of carbonyl (C=O) groups is 1. The summed E-state index contributed by atoms with van der Waals surface area (Å²) in [6, 6.07) is 0. The summed E-state index contributed by atoms with van der Waals surface area (Å²) in [6.45, 7) is 0. The molecule has 0 saturated heterocycles. The van der Waals surface area contributed by atoms with Gasteiger partial charge >= 0.3 is 6.18 Å². The second kappa shape index (κ2) is 4.44. The Kier molecular flexibility index (Phi) is 3.71. The summed E-state index contributed by atoms with van der Waals surface area (Å²) in [4.78, 5) is 11.2. The van der Waals surface area contributed by atoms with Gasteiger partial charge in [0.2, 0.25) is 0 Å². The van der Waals surface area contributed by atoms with E-state index < -0.39 is 24.8 Å². The van der Waals surface area contributed by atoms with Crippen molar-refractivity contribution in [1.29, 1.82) is 0 Å². The van der Waals surface area contributed by atoms with Gasteiger partial charge in [-0.15, -0.1) is 0 Å². The first-order valence-electron chi connectivity index (χ1n) is 3.72. The number of hydrogen-bond donors (Lipinski definition) is 0. The summed E-state index contributed by atoms with van der Waals surface area (Å²) in [5, 5.41) is 3.21.